The molecule has 1 saturated heterocycles. The van der Waals surface area contributed by atoms with Gasteiger partial charge in [-0.15, -0.1) is 0 Å². The van der Waals surface area contributed by atoms with E-state index in [-0.39, 0.29) is 26.4 Å². The third kappa shape index (κ3) is 11.7. The smallest absolute Gasteiger partial charge is 0.333 e. The van der Waals surface area contributed by atoms with E-state index in [0.717, 1.165) is 38.9 Å². The van der Waals surface area contributed by atoms with Crippen LogP contribution in [0.1, 0.15) is 64.2 Å². The van der Waals surface area contributed by atoms with Gasteiger partial charge in [-0.3, -0.25) is 4.79 Å². The van der Waals surface area contributed by atoms with Gasteiger partial charge in [-0.25, -0.2) is 9.59 Å². The molecule has 0 saturated carbocycles. The van der Waals surface area contributed by atoms with Crippen LogP contribution >= 0.6 is 0 Å². The SMILES string of the molecule is C=C(C)C(=O)OCCCOc1ccc(-c2cc(-c3c(C)cc(C)cc3C)cc(-c3ccc(OCCCOC(=O)C(=C)C)cc3)c2OC(=O)C2(C)COC(C)(C)OC2)cc1. The van der Waals surface area contributed by atoms with E-state index in [4.69, 9.17) is 33.2 Å². The number of rotatable bonds is 17. The lowest BCUT2D eigenvalue weighted by Gasteiger charge is -2.39. The van der Waals surface area contributed by atoms with E-state index in [1.54, 1.807) is 20.8 Å². The molecule has 1 fully saturated rings. The van der Waals surface area contributed by atoms with Gasteiger partial charge in [0.1, 0.15) is 22.7 Å². The van der Waals surface area contributed by atoms with Gasteiger partial charge in [0.05, 0.1) is 39.6 Å². The van der Waals surface area contributed by atoms with Crippen LogP contribution in [0, 0.1) is 26.2 Å². The van der Waals surface area contributed by atoms with Gasteiger partial charge in [0, 0.05) is 35.1 Å². The normalized spacial score (nSPS) is 14.2. The molecule has 0 aliphatic carbocycles. The molecule has 4 aromatic carbocycles. The fraction of sp³-hybridized carbons (Fsp3) is 0.367. The minimum Gasteiger partial charge on any atom is -0.493 e. The number of carbonyl (C=O) groups excluding carboxylic acids is 3. The molecule has 0 bridgehead atoms. The molecule has 1 heterocycles. The van der Waals surface area contributed by atoms with Gasteiger partial charge in [-0.2, -0.15) is 0 Å². The van der Waals surface area contributed by atoms with Crippen molar-refractivity contribution in [1.29, 1.82) is 0 Å². The van der Waals surface area contributed by atoms with E-state index in [2.05, 4.69) is 58.2 Å². The van der Waals surface area contributed by atoms with Gasteiger partial charge in [0.2, 0.25) is 0 Å². The summed E-state index contributed by atoms with van der Waals surface area (Å²) in [6.07, 6.45) is 1.03. The third-order valence-corrected chi connectivity index (χ3v) is 9.83. The molecule has 0 atom stereocenters. The predicted molar refractivity (Wildman–Crippen MR) is 228 cm³/mol. The highest BCUT2D eigenvalue weighted by Crippen LogP contribution is 2.46. The quantitative estimate of drug-likeness (QED) is 0.0442. The average Bonchev–Trinajstić information content (AvgIpc) is 3.19. The summed E-state index contributed by atoms with van der Waals surface area (Å²) in [5.41, 5.74) is 8.08. The van der Waals surface area contributed by atoms with Crippen LogP contribution in [0.25, 0.3) is 33.4 Å². The van der Waals surface area contributed by atoms with Crippen molar-refractivity contribution >= 4 is 17.9 Å². The Bertz CT molecular complexity index is 2050. The van der Waals surface area contributed by atoms with Crippen molar-refractivity contribution in [1.82, 2.24) is 0 Å². The summed E-state index contributed by atoms with van der Waals surface area (Å²) >= 11 is 0. The number of hydrogen-bond donors (Lipinski definition) is 0. The summed E-state index contributed by atoms with van der Waals surface area (Å²) in [5.74, 6) is -0.500. The zero-order chi connectivity index (χ0) is 42.9. The molecular formula is C49H56O10. The Labute approximate surface area is 348 Å². The zero-order valence-corrected chi connectivity index (χ0v) is 35.6. The summed E-state index contributed by atoms with van der Waals surface area (Å²) in [4.78, 5) is 37.8. The lowest BCUT2D eigenvalue weighted by molar-refractivity contribution is -0.279. The second kappa shape index (κ2) is 19.4. The van der Waals surface area contributed by atoms with Gasteiger partial charge in [0.25, 0.3) is 0 Å². The molecule has 5 rings (SSSR count). The maximum atomic E-state index is 14.3. The number of ether oxygens (including phenoxy) is 7. The molecule has 0 amide bonds. The Kier molecular flexibility index (Phi) is 14.6. The van der Waals surface area contributed by atoms with Crippen LogP contribution in [0.3, 0.4) is 0 Å². The highest BCUT2D eigenvalue weighted by molar-refractivity contribution is 5.93. The van der Waals surface area contributed by atoms with Crippen molar-refractivity contribution < 1.29 is 47.5 Å². The van der Waals surface area contributed by atoms with E-state index in [0.29, 0.717) is 65.6 Å². The van der Waals surface area contributed by atoms with E-state index in [9.17, 15) is 14.4 Å². The minimum atomic E-state index is -1.07. The van der Waals surface area contributed by atoms with Crippen molar-refractivity contribution in [2.45, 2.75) is 74.0 Å². The van der Waals surface area contributed by atoms with Crippen LogP contribution < -0.4 is 14.2 Å². The Morgan fingerprint density at radius 3 is 1.46 bits per heavy atom. The van der Waals surface area contributed by atoms with E-state index < -0.39 is 29.1 Å². The molecule has 312 valence electrons. The van der Waals surface area contributed by atoms with Gasteiger partial charge >= 0.3 is 17.9 Å². The Balaban J connectivity index is 1.54. The maximum Gasteiger partial charge on any atom is 0.333 e. The van der Waals surface area contributed by atoms with E-state index in [1.807, 2.05) is 62.4 Å². The van der Waals surface area contributed by atoms with Crippen LogP contribution in [-0.4, -0.2) is 63.3 Å². The summed E-state index contributed by atoms with van der Waals surface area (Å²) < 4.78 is 40.7. The molecule has 0 unspecified atom stereocenters. The van der Waals surface area contributed by atoms with Gasteiger partial charge in [0.15, 0.2) is 5.79 Å². The first-order valence-corrected chi connectivity index (χ1v) is 19.8. The highest BCUT2D eigenvalue weighted by Gasteiger charge is 2.44. The van der Waals surface area contributed by atoms with E-state index >= 15 is 0 Å². The maximum absolute atomic E-state index is 14.3. The third-order valence-electron chi connectivity index (χ3n) is 9.83. The van der Waals surface area contributed by atoms with Crippen molar-refractivity contribution in [3.63, 3.8) is 0 Å². The summed E-state index contributed by atoms with van der Waals surface area (Å²) in [5, 5.41) is 0. The fourth-order valence-electron chi connectivity index (χ4n) is 6.57. The predicted octanol–water partition coefficient (Wildman–Crippen LogP) is 10.1. The molecular weight excluding hydrogens is 749 g/mol. The van der Waals surface area contributed by atoms with Crippen molar-refractivity contribution in [2.75, 3.05) is 39.6 Å². The number of benzene rings is 4. The second-order valence-electron chi connectivity index (χ2n) is 15.9. The molecule has 0 radical (unpaired) electrons. The monoisotopic (exact) mass is 804 g/mol. The summed E-state index contributed by atoms with van der Waals surface area (Å²) in [7, 11) is 0. The molecule has 0 N–H and O–H groups in total. The Morgan fingerprint density at radius 2 is 1.05 bits per heavy atom. The molecule has 4 aromatic rings. The molecule has 0 spiro atoms. The van der Waals surface area contributed by atoms with Crippen LogP contribution in [0.15, 0.2) is 97.1 Å². The molecule has 10 nitrogen and oxygen atoms in total. The largest absolute Gasteiger partial charge is 0.493 e. The average molecular weight is 805 g/mol. The molecule has 1 aliphatic heterocycles. The van der Waals surface area contributed by atoms with Crippen molar-refractivity contribution in [2.24, 2.45) is 5.41 Å². The number of carbonyl (C=O) groups is 3. The lowest BCUT2D eigenvalue weighted by atomic mass is 9.87. The Hall–Kier alpha value is -5.71. The molecule has 1 aliphatic rings. The van der Waals surface area contributed by atoms with Gasteiger partial charge in [-0.1, -0.05) is 55.1 Å². The van der Waals surface area contributed by atoms with Gasteiger partial charge < -0.3 is 33.2 Å². The number of esters is 3. The zero-order valence-electron chi connectivity index (χ0n) is 35.6. The number of hydrogen-bond acceptors (Lipinski definition) is 10. The number of aryl methyl sites for hydroxylation is 3. The first kappa shape index (κ1) is 44.4. The van der Waals surface area contributed by atoms with Crippen molar-refractivity contribution in [3.8, 4) is 50.6 Å². The first-order valence-electron chi connectivity index (χ1n) is 19.8. The lowest BCUT2D eigenvalue weighted by Crippen LogP contribution is -2.50. The van der Waals surface area contributed by atoms with Crippen LogP contribution in [-0.2, 0) is 33.3 Å². The van der Waals surface area contributed by atoms with Crippen LogP contribution in [0.2, 0.25) is 0 Å². The van der Waals surface area contributed by atoms with Crippen molar-refractivity contribution in [3.05, 3.63) is 114 Å². The van der Waals surface area contributed by atoms with Crippen LogP contribution in [0.5, 0.6) is 17.2 Å². The standard InChI is InChI=1S/C49H56O10/c1-31(2)45(50)55-23-11-21-53-39-17-13-36(14-18-39)41-27-38(43-34(6)25-33(5)26-35(43)7)28-42(44(41)59-47(52)49(10)29-57-48(8,9)58-30-49)37-15-19-40(20-16-37)54-22-12-24-56-46(51)32(3)4/h13-20,25-28H,1,3,11-12,21-24,29-30H2,2,4-10H3. The van der Waals surface area contributed by atoms with E-state index in [1.165, 1.54) is 0 Å². The summed E-state index contributed by atoms with van der Waals surface area (Å²) in [6.45, 7) is 23.5. The molecule has 59 heavy (non-hydrogen) atoms. The van der Waals surface area contributed by atoms with Crippen LogP contribution in [0.4, 0.5) is 0 Å². The minimum absolute atomic E-state index is 0.125. The molecule has 0 aromatic heterocycles. The topological polar surface area (TPSA) is 116 Å². The fourth-order valence-corrected chi connectivity index (χ4v) is 6.57. The van der Waals surface area contributed by atoms with Gasteiger partial charge in [-0.05, 0) is 125 Å². The second-order valence-corrected chi connectivity index (χ2v) is 15.9. The molecule has 10 heteroatoms. The first-order chi connectivity index (χ1) is 28.0. The Morgan fingerprint density at radius 1 is 0.627 bits per heavy atom. The highest BCUT2D eigenvalue weighted by atomic mass is 16.7. The summed E-state index contributed by atoms with van der Waals surface area (Å²) in [6, 6.07) is 23.7.